The fraction of sp³-hybridized carbons (Fsp3) is 0.389. The minimum Gasteiger partial charge on any atom is -0.350 e. The van der Waals surface area contributed by atoms with Crippen molar-refractivity contribution in [1.82, 2.24) is 9.88 Å². The highest BCUT2D eigenvalue weighted by molar-refractivity contribution is 5.94. The normalized spacial score (nSPS) is 11.0. The number of hydrogen-bond donors (Lipinski definition) is 1. The number of rotatable bonds is 5. The molecule has 0 atom stereocenters. The van der Waals surface area contributed by atoms with E-state index in [9.17, 15) is 9.18 Å². The molecule has 1 N–H and O–H groups in total. The van der Waals surface area contributed by atoms with Gasteiger partial charge in [-0.2, -0.15) is 0 Å². The summed E-state index contributed by atoms with van der Waals surface area (Å²) in [6, 6.07) is 8.48. The number of hydrogen-bond acceptors (Lipinski definition) is 1. The number of aryl methyl sites for hydroxylation is 2. The zero-order valence-electron chi connectivity index (χ0n) is 13.6. The van der Waals surface area contributed by atoms with E-state index in [0.717, 1.165) is 16.8 Å². The Bertz CT molecular complexity index is 674. The quantitative estimate of drug-likeness (QED) is 0.898. The van der Waals surface area contributed by atoms with Crippen LogP contribution in [-0.4, -0.2) is 17.0 Å². The molecule has 1 aromatic heterocycles. The van der Waals surface area contributed by atoms with E-state index in [4.69, 9.17) is 0 Å². The molecule has 0 radical (unpaired) electrons. The number of aromatic nitrogens is 1. The monoisotopic (exact) mass is 302 g/mol. The first-order chi connectivity index (χ1) is 10.4. The van der Waals surface area contributed by atoms with E-state index in [0.29, 0.717) is 24.7 Å². The fourth-order valence-electron chi connectivity index (χ4n) is 2.55. The number of nitrogens with zero attached hydrogens (tertiary/aromatic N) is 1. The lowest BCUT2D eigenvalue weighted by molar-refractivity contribution is 0.0939. The molecule has 3 nitrogen and oxygen atoms in total. The Morgan fingerprint density at radius 2 is 2.00 bits per heavy atom. The molecule has 0 aliphatic heterocycles. The molecule has 0 bridgehead atoms. The summed E-state index contributed by atoms with van der Waals surface area (Å²) >= 11 is 0. The Morgan fingerprint density at radius 1 is 1.27 bits per heavy atom. The highest BCUT2D eigenvalue weighted by Crippen LogP contribution is 2.18. The highest BCUT2D eigenvalue weighted by atomic mass is 19.1. The number of carbonyl (C=O) groups excluding carboxylic acids is 1. The zero-order valence-corrected chi connectivity index (χ0v) is 13.6. The predicted octanol–water partition coefficient (Wildman–Crippen LogP) is 3.68. The molecule has 0 saturated heterocycles. The molecule has 22 heavy (non-hydrogen) atoms. The Morgan fingerprint density at radius 3 is 2.64 bits per heavy atom. The summed E-state index contributed by atoms with van der Waals surface area (Å²) in [5, 5.41) is 2.96. The van der Waals surface area contributed by atoms with Crippen molar-refractivity contribution in [2.24, 2.45) is 5.92 Å². The zero-order chi connectivity index (χ0) is 16.3. The lowest BCUT2D eigenvalue weighted by atomic mass is 10.2. The Labute approximate surface area is 131 Å². The van der Waals surface area contributed by atoms with Gasteiger partial charge in [-0.3, -0.25) is 4.79 Å². The highest BCUT2D eigenvalue weighted by Gasteiger charge is 2.17. The van der Waals surface area contributed by atoms with Gasteiger partial charge in [-0.15, -0.1) is 0 Å². The van der Waals surface area contributed by atoms with E-state index in [1.165, 1.54) is 12.1 Å². The fourth-order valence-corrected chi connectivity index (χ4v) is 2.55. The largest absolute Gasteiger partial charge is 0.350 e. The number of nitrogens with one attached hydrogen (secondary N) is 1. The van der Waals surface area contributed by atoms with Gasteiger partial charge < -0.3 is 9.88 Å². The van der Waals surface area contributed by atoms with Gasteiger partial charge in [0.05, 0.1) is 0 Å². The molecule has 118 valence electrons. The summed E-state index contributed by atoms with van der Waals surface area (Å²) in [5.74, 6) is 0.0672. The SMILES string of the molecule is Cc1cc(C)n(Cc2cccc(F)c2)c1C(=O)NCC(C)C. The van der Waals surface area contributed by atoms with Gasteiger partial charge in [-0.1, -0.05) is 26.0 Å². The molecule has 0 saturated carbocycles. The molecular weight excluding hydrogens is 279 g/mol. The topological polar surface area (TPSA) is 34.0 Å². The van der Waals surface area contributed by atoms with Crippen molar-refractivity contribution in [3.8, 4) is 0 Å². The van der Waals surface area contributed by atoms with Crippen LogP contribution < -0.4 is 5.32 Å². The molecule has 1 heterocycles. The van der Waals surface area contributed by atoms with Crippen LogP contribution in [0.1, 0.15) is 41.2 Å². The molecule has 0 aliphatic rings. The first-order valence-corrected chi connectivity index (χ1v) is 7.58. The number of benzene rings is 1. The van der Waals surface area contributed by atoms with Crippen LogP contribution >= 0.6 is 0 Å². The van der Waals surface area contributed by atoms with Crippen molar-refractivity contribution in [2.45, 2.75) is 34.2 Å². The van der Waals surface area contributed by atoms with Gasteiger partial charge in [0.1, 0.15) is 11.5 Å². The molecule has 2 rings (SSSR count). The second kappa shape index (κ2) is 6.77. The summed E-state index contributed by atoms with van der Waals surface area (Å²) in [5.41, 5.74) is 3.44. The minimum absolute atomic E-state index is 0.0734. The summed E-state index contributed by atoms with van der Waals surface area (Å²) in [6.07, 6.45) is 0. The van der Waals surface area contributed by atoms with E-state index in [1.54, 1.807) is 6.07 Å². The van der Waals surface area contributed by atoms with Gasteiger partial charge in [-0.05, 0) is 49.1 Å². The maximum Gasteiger partial charge on any atom is 0.268 e. The van der Waals surface area contributed by atoms with Crippen molar-refractivity contribution in [3.05, 3.63) is 58.7 Å². The van der Waals surface area contributed by atoms with Gasteiger partial charge in [0.25, 0.3) is 5.91 Å². The van der Waals surface area contributed by atoms with Gasteiger partial charge in [0.15, 0.2) is 0 Å². The Kier molecular flexibility index (Phi) is 5.01. The molecule has 1 amide bonds. The predicted molar refractivity (Wildman–Crippen MR) is 86.6 cm³/mol. The molecule has 1 aromatic carbocycles. The first kappa shape index (κ1) is 16.3. The maximum atomic E-state index is 13.4. The van der Waals surface area contributed by atoms with Crippen LogP contribution in [0.5, 0.6) is 0 Å². The van der Waals surface area contributed by atoms with Gasteiger partial charge in [0.2, 0.25) is 0 Å². The van der Waals surface area contributed by atoms with Crippen molar-refractivity contribution in [2.75, 3.05) is 6.54 Å². The maximum absolute atomic E-state index is 13.4. The number of carbonyl (C=O) groups is 1. The third-order valence-corrected chi connectivity index (χ3v) is 3.61. The van der Waals surface area contributed by atoms with Crippen molar-refractivity contribution in [3.63, 3.8) is 0 Å². The van der Waals surface area contributed by atoms with Crippen molar-refractivity contribution in [1.29, 1.82) is 0 Å². The molecule has 4 heteroatoms. The number of halogens is 1. The first-order valence-electron chi connectivity index (χ1n) is 7.58. The summed E-state index contributed by atoms with van der Waals surface area (Å²) < 4.78 is 15.3. The second-order valence-electron chi connectivity index (χ2n) is 6.14. The smallest absolute Gasteiger partial charge is 0.268 e. The molecule has 0 unspecified atom stereocenters. The van der Waals surface area contributed by atoms with E-state index in [2.05, 4.69) is 19.2 Å². The number of amides is 1. The van der Waals surface area contributed by atoms with Crippen LogP contribution in [0.2, 0.25) is 0 Å². The Balaban J connectivity index is 2.29. The van der Waals surface area contributed by atoms with Crippen LogP contribution in [0.3, 0.4) is 0 Å². The van der Waals surface area contributed by atoms with Crippen LogP contribution in [0.25, 0.3) is 0 Å². The van der Waals surface area contributed by atoms with Crippen LogP contribution in [0.15, 0.2) is 30.3 Å². The van der Waals surface area contributed by atoms with E-state index < -0.39 is 0 Å². The molecule has 0 aliphatic carbocycles. The van der Waals surface area contributed by atoms with E-state index in [-0.39, 0.29) is 11.7 Å². The van der Waals surface area contributed by atoms with E-state index in [1.807, 2.05) is 30.5 Å². The summed E-state index contributed by atoms with van der Waals surface area (Å²) in [6.45, 7) is 9.14. The molecule has 2 aromatic rings. The lowest BCUT2D eigenvalue weighted by Crippen LogP contribution is -2.30. The lowest BCUT2D eigenvalue weighted by Gasteiger charge is -2.14. The third-order valence-electron chi connectivity index (χ3n) is 3.61. The van der Waals surface area contributed by atoms with Crippen molar-refractivity contribution < 1.29 is 9.18 Å². The summed E-state index contributed by atoms with van der Waals surface area (Å²) in [4.78, 5) is 12.5. The standard InChI is InChI=1S/C18H23FN2O/c1-12(2)10-20-18(22)17-13(3)8-14(4)21(17)11-15-6-5-7-16(19)9-15/h5-9,12H,10-11H2,1-4H3,(H,20,22). The van der Waals surface area contributed by atoms with Crippen LogP contribution in [0.4, 0.5) is 4.39 Å². The van der Waals surface area contributed by atoms with Crippen molar-refractivity contribution >= 4 is 5.91 Å². The Hall–Kier alpha value is -2.10. The second-order valence-corrected chi connectivity index (χ2v) is 6.14. The van der Waals surface area contributed by atoms with Gasteiger partial charge in [-0.25, -0.2) is 4.39 Å². The average molecular weight is 302 g/mol. The third kappa shape index (κ3) is 3.75. The average Bonchev–Trinajstić information content (AvgIpc) is 2.71. The van der Waals surface area contributed by atoms with Gasteiger partial charge in [0, 0.05) is 18.8 Å². The molecule has 0 spiro atoms. The molecular formula is C18H23FN2O. The van der Waals surface area contributed by atoms with Crippen LogP contribution in [-0.2, 0) is 6.54 Å². The van der Waals surface area contributed by atoms with Gasteiger partial charge >= 0.3 is 0 Å². The molecule has 0 fully saturated rings. The minimum atomic E-state index is -0.259. The summed E-state index contributed by atoms with van der Waals surface area (Å²) in [7, 11) is 0. The van der Waals surface area contributed by atoms with Crippen LogP contribution in [0, 0.1) is 25.6 Å². The van der Waals surface area contributed by atoms with E-state index >= 15 is 0 Å².